The van der Waals surface area contributed by atoms with E-state index in [1.807, 2.05) is 6.07 Å². The molecule has 0 saturated carbocycles. The Labute approximate surface area is 129 Å². The lowest BCUT2D eigenvalue weighted by Gasteiger charge is -2.07. The van der Waals surface area contributed by atoms with Crippen molar-refractivity contribution in [3.63, 3.8) is 0 Å². The summed E-state index contributed by atoms with van der Waals surface area (Å²) in [6.45, 7) is 0.435. The fourth-order valence-electron chi connectivity index (χ4n) is 1.96. The molecule has 0 spiro atoms. The molecule has 22 heavy (non-hydrogen) atoms. The first-order chi connectivity index (χ1) is 10.4. The van der Waals surface area contributed by atoms with Crippen LogP contribution in [-0.2, 0) is 21.2 Å². The molecule has 6 heteroatoms. The summed E-state index contributed by atoms with van der Waals surface area (Å²) in [4.78, 5) is 12.4. The minimum atomic E-state index is -3.24. The Kier molecular flexibility index (Phi) is 4.95. The largest absolute Gasteiger partial charge is 0.380 e. The average molecular weight is 319 g/mol. The quantitative estimate of drug-likeness (QED) is 0.919. The number of carbonyl (C=O) groups excluding carboxylic acids is 1. The number of benzene rings is 2. The van der Waals surface area contributed by atoms with Crippen molar-refractivity contribution < 1.29 is 17.9 Å². The number of rotatable bonds is 5. The minimum absolute atomic E-state index is 0.215. The molecule has 2 rings (SSSR count). The molecule has 0 bridgehead atoms. The molecule has 5 nitrogen and oxygen atoms in total. The van der Waals surface area contributed by atoms with Gasteiger partial charge in [-0.2, -0.15) is 0 Å². The second-order valence-electron chi connectivity index (χ2n) is 4.88. The van der Waals surface area contributed by atoms with Gasteiger partial charge in [0.15, 0.2) is 9.84 Å². The van der Waals surface area contributed by atoms with Crippen LogP contribution in [0.2, 0.25) is 0 Å². The van der Waals surface area contributed by atoms with Gasteiger partial charge in [0.2, 0.25) is 0 Å². The predicted molar refractivity (Wildman–Crippen MR) is 84.7 cm³/mol. The fourth-order valence-corrected chi connectivity index (χ4v) is 2.59. The Morgan fingerprint density at radius 1 is 1.14 bits per heavy atom. The third-order valence-corrected chi connectivity index (χ3v) is 4.17. The topological polar surface area (TPSA) is 72.5 Å². The van der Waals surface area contributed by atoms with Crippen molar-refractivity contribution in [1.82, 2.24) is 0 Å². The molecule has 2 aromatic rings. The SMILES string of the molecule is COCc1cccc(C(=O)Nc2ccc(S(C)(=O)=O)cc2)c1. The monoisotopic (exact) mass is 319 g/mol. The van der Waals surface area contributed by atoms with Gasteiger partial charge in [-0.05, 0) is 42.0 Å². The van der Waals surface area contributed by atoms with Gasteiger partial charge in [-0.25, -0.2) is 8.42 Å². The van der Waals surface area contributed by atoms with Gasteiger partial charge in [-0.1, -0.05) is 12.1 Å². The van der Waals surface area contributed by atoms with E-state index < -0.39 is 9.84 Å². The van der Waals surface area contributed by atoms with Gasteiger partial charge in [0.05, 0.1) is 11.5 Å². The number of hydrogen-bond donors (Lipinski definition) is 1. The number of hydrogen-bond acceptors (Lipinski definition) is 4. The van der Waals surface area contributed by atoms with E-state index in [0.717, 1.165) is 11.8 Å². The average Bonchev–Trinajstić information content (AvgIpc) is 2.47. The van der Waals surface area contributed by atoms with Crippen LogP contribution in [0.3, 0.4) is 0 Å². The molecule has 0 atom stereocenters. The number of anilines is 1. The van der Waals surface area contributed by atoms with Crippen molar-refractivity contribution in [2.75, 3.05) is 18.7 Å². The summed E-state index contributed by atoms with van der Waals surface area (Å²) >= 11 is 0. The molecule has 0 fully saturated rings. The van der Waals surface area contributed by atoms with E-state index in [1.54, 1.807) is 37.4 Å². The molecule has 1 amide bonds. The van der Waals surface area contributed by atoms with Gasteiger partial charge in [0, 0.05) is 24.6 Å². The molecule has 0 unspecified atom stereocenters. The van der Waals surface area contributed by atoms with E-state index in [0.29, 0.717) is 17.9 Å². The first-order valence-electron chi connectivity index (χ1n) is 6.59. The lowest BCUT2D eigenvalue weighted by atomic mass is 10.1. The molecule has 0 saturated heterocycles. The minimum Gasteiger partial charge on any atom is -0.380 e. The van der Waals surface area contributed by atoms with Crippen LogP contribution in [0.1, 0.15) is 15.9 Å². The molecule has 0 aliphatic carbocycles. The van der Waals surface area contributed by atoms with E-state index in [2.05, 4.69) is 5.32 Å². The van der Waals surface area contributed by atoms with E-state index in [4.69, 9.17) is 4.74 Å². The molecule has 2 aromatic carbocycles. The molecule has 0 radical (unpaired) electrons. The van der Waals surface area contributed by atoms with Crippen molar-refractivity contribution in [3.05, 3.63) is 59.7 Å². The predicted octanol–water partition coefficient (Wildman–Crippen LogP) is 2.49. The smallest absolute Gasteiger partial charge is 0.255 e. The Hall–Kier alpha value is -2.18. The van der Waals surface area contributed by atoms with Crippen LogP contribution in [0.15, 0.2) is 53.4 Å². The first-order valence-corrected chi connectivity index (χ1v) is 8.48. The molecule has 0 aliphatic heterocycles. The van der Waals surface area contributed by atoms with E-state index >= 15 is 0 Å². The lowest BCUT2D eigenvalue weighted by molar-refractivity contribution is 0.102. The van der Waals surface area contributed by atoms with Crippen molar-refractivity contribution >= 4 is 21.4 Å². The second kappa shape index (κ2) is 6.72. The summed E-state index contributed by atoms with van der Waals surface area (Å²) < 4.78 is 27.8. The van der Waals surface area contributed by atoms with Crippen LogP contribution in [0, 0.1) is 0 Å². The maximum absolute atomic E-state index is 12.2. The summed E-state index contributed by atoms with van der Waals surface area (Å²) in [6, 6.07) is 13.2. The summed E-state index contributed by atoms with van der Waals surface area (Å²) in [7, 11) is -1.65. The van der Waals surface area contributed by atoms with Gasteiger partial charge >= 0.3 is 0 Å². The van der Waals surface area contributed by atoms with E-state index in [-0.39, 0.29) is 10.8 Å². The number of methoxy groups -OCH3 is 1. The highest BCUT2D eigenvalue weighted by Gasteiger charge is 2.09. The molecule has 116 valence electrons. The fraction of sp³-hybridized carbons (Fsp3) is 0.188. The van der Waals surface area contributed by atoms with Crippen LogP contribution < -0.4 is 5.32 Å². The van der Waals surface area contributed by atoms with Gasteiger partial charge < -0.3 is 10.1 Å². The highest BCUT2D eigenvalue weighted by Crippen LogP contribution is 2.15. The van der Waals surface area contributed by atoms with Crippen molar-refractivity contribution in [3.8, 4) is 0 Å². The molecule has 1 N–H and O–H groups in total. The van der Waals surface area contributed by atoms with Gasteiger partial charge in [0.1, 0.15) is 0 Å². The van der Waals surface area contributed by atoms with E-state index in [9.17, 15) is 13.2 Å². The summed E-state index contributed by atoms with van der Waals surface area (Å²) in [5, 5.41) is 2.73. The zero-order valence-electron chi connectivity index (χ0n) is 12.4. The second-order valence-corrected chi connectivity index (χ2v) is 6.90. The molecule has 0 aliphatic rings. The molecular weight excluding hydrogens is 302 g/mol. The molecule has 0 heterocycles. The zero-order valence-corrected chi connectivity index (χ0v) is 13.2. The van der Waals surface area contributed by atoms with Crippen LogP contribution in [0.5, 0.6) is 0 Å². The third kappa shape index (κ3) is 4.16. The van der Waals surface area contributed by atoms with Crippen molar-refractivity contribution in [1.29, 1.82) is 0 Å². The maximum Gasteiger partial charge on any atom is 0.255 e. The van der Waals surface area contributed by atoms with E-state index in [1.165, 1.54) is 12.1 Å². The number of ether oxygens (including phenoxy) is 1. The Morgan fingerprint density at radius 3 is 2.41 bits per heavy atom. The van der Waals surface area contributed by atoms with Crippen LogP contribution in [-0.4, -0.2) is 27.7 Å². The summed E-state index contributed by atoms with van der Waals surface area (Å²) in [5.41, 5.74) is 1.96. The molecule has 0 aromatic heterocycles. The molecular formula is C16H17NO4S. The van der Waals surface area contributed by atoms with Crippen LogP contribution in [0.4, 0.5) is 5.69 Å². The Morgan fingerprint density at radius 2 is 1.82 bits per heavy atom. The summed E-state index contributed by atoms with van der Waals surface area (Å²) in [6.07, 6.45) is 1.14. The third-order valence-electron chi connectivity index (χ3n) is 3.04. The highest BCUT2D eigenvalue weighted by molar-refractivity contribution is 7.90. The van der Waals surface area contributed by atoms with Crippen molar-refractivity contribution in [2.24, 2.45) is 0 Å². The number of nitrogens with one attached hydrogen (secondary N) is 1. The number of sulfone groups is 1. The number of carbonyl (C=O) groups is 1. The lowest BCUT2D eigenvalue weighted by Crippen LogP contribution is -2.12. The Balaban J connectivity index is 2.13. The van der Waals surface area contributed by atoms with Gasteiger partial charge in [-0.15, -0.1) is 0 Å². The van der Waals surface area contributed by atoms with Crippen molar-refractivity contribution in [2.45, 2.75) is 11.5 Å². The maximum atomic E-state index is 12.2. The van der Waals surface area contributed by atoms with Gasteiger partial charge in [-0.3, -0.25) is 4.79 Å². The van der Waals surface area contributed by atoms with Crippen LogP contribution in [0.25, 0.3) is 0 Å². The standard InChI is InChI=1S/C16H17NO4S/c1-21-11-12-4-3-5-13(10-12)16(18)17-14-6-8-15(9-7-14)22(2,19)20/h3-10H,11H2,1-2H3,(H,17,18). The normalized spacial score (nSPS) is 11.2. The zero-order chi connectivity index (χ0) is 16.2. The Bertz CT molecular complexity index is 767. The van der Waals surface area contributed by atoms with Crippen LogP contribution >= 0.6 is 0 Å². The van der Waals surface area contributed by atoms with Gasteiger partial charge in [0.25, 0.3) is 5.91 Å². The first kappa shape index (κ1) is 16.2. The number of amides is 1. The highest BCUT2D eigenvalue weighted by atomic mass is 32.2. The summed E-state index contributed by atoms with van der Waals surface area (Å²) in [5.74, 6) is -0.259.